The molecule has 0 aliphatic heterocycles. The van der Waals surface area contributed by atoms with Crippen molar-refractivity contribution in [2.45, 2.75) is 6.92 Å². The SMILES string of the molecule is Cc1ccc(-c2cc(-c3ccccc3)nc3ncnc(N)c23)cc1. The van der Waals surface area contributed by atoms with Crippen molar-refractivity contribution in [1.29, 1.82) is 0 Å². The molecular formula is C20H16N4. The molecule has 0 aliphatic carbocycles. The minimum atomic E-state index is 0.447. The van der Waals surface area contributed by atoms with E-state index in [9.17, 15) is 0 Å². The maximum absolute atomic E-state index is 6.12. The van der Waals surface area contributed by atoms with Crippen molar-refractivity contribution in [1.82, 2.24) is 15.0 Å². The van der Waals surface area contributed by atoms with Gasteiger partial charge in [-0.25, -0.2) is 15.0 Å². The molecule has 0 fully saturated rings. The topological polar surface area (TPSA) is 64.7 Å². The van der Waals surface area contributed by atoms with Crippen LogP contribution in [0.1, 0.15) is 5.56 Å². The Balaban J connectivity index is 2.04. The Hall–Kier alpha value is -3.27. The average molecular weight is 312 g/mol. The van der Waals surface area contributed by atoms with Crippen LogP contribution in [0.5, 0.6) is 0 Å². The van der Waals surface area contributed by atoms with Crippen molar-refractivity contribution in [3.05, 3.63) is 72.6 Å². The smallest absolute Gasteiger partial charge is 0.165 e. The second-order valence-corrected chi connectivity index (χ2v) is 5.74. The van der Waals surface area contributed by atoms with E-state index in [0.717, 1.165) is 27.8 Å². The van der Waals surface area contributed by atoms with Gasteiger partial charge >= 0.3 is 0 Å². The van der Waals surface area contributed by atoms with E-state index in [0.29, 0.717) is 11.5 Å². The number of rotatable bonds is 2. The molecule has 2 aromatic carbocycles. The van der Waals surface area contributed by atoms with Crippen molar-refractivity contribution in [3.63, 3.8) is 0 Å². The van der Waals surface area contributed by atoms with Crippen LogP contribution in [0.3, 0.4) is 0 Å². The van der Waals surface area contributed by atoms with Gasteiger partial charge in [0.05, 0.1) is 11.1 Å². The number of anilines is 1. The van der Waals surface area contributed by atoms with Gasteiger partial charge in [0.2, 0.25) is 0 Å². The molecule has 2 heterocycles. The highest BCUT2D eigenvalue weighted by Crippen LogP contribution is 2.33. The molecule has 0 atom stereocenters. The third-order valence-electron chi connectivity index (χ3n) is 4.07. The third-order valence-corrected chi connectivity index (χ3v) is 4.07. The number of hydrogen-bond acceptors (Lipinski definition) is 4. The fourth-order valence-corrected chi connectivity index (χ4v) is 2.81. The van der Waals surface area contributed by atoms with Gasteiger partial charge in [-0.2, -0.15) is 0 Å². The Kier molecular flexibility index (Phi) is 3.43. The Morgan fingerprint density at radius 3 is 2.33 bits per heavy atom. The highest BCUT2D eigenvalue weighted by molar-refractivity contribution is 6.00. The summed E-state index contributed by atoms with van der Waals surface area (Å²) in [7, 11) is 0. The summed E-state index contributed by atoms with van der Waals surface area (Å²) >= 11 is 0. The Labute approximate surface area is 140 Å². The molecule has 0 spiro atoms. The molecule has 2 N–H and O–H groups in total. The summed E-state index contributed by atoms with van der Waals surface area (Å²) in [5.74, 6) is 0.447. The summed E-state index contributed by atoms with van der Waals surface area (Å²) in [5, 5.41) is 0.793. The van der Waals surface area contributed by atoms with Crippen LogP contribution in [0.15, 0.2) is 67.0 Å². The number of pyridine rings is 1. The number of nitrogens with zero attached hydrogens (tertiary/aromatic N) is 3. The van der Waals surface area contributed by atoms with Crippen LogP contribution in [0.25, 0.3) is 33.4 Å². The lowest BCUT2D eigenvalue weighted by atomic mass is 9.99. The molecule has 0 unspecified atom stereocenters. The number of nitrogens with two attached hydrogens (primary N) is 1. The van der Waals surface area contributed by atoms with Gasteiger partial charge in [-0.05, 0) is 24.1 Å². The summed E-state index contributed by atoms with van der Waals surface area (Å²) in [6, 6.07) is 20.5. The predicted molar refractivity (Wildman–Crippen MR) is 97.4 cm³/mol. The summed E-state index contributed by atoms with van der Waals surface area (Å²) in [6.45, 7) is 2.07. The maximum Gasteiger partial charge on any atom is 0.165 e. The number of aryl methyl sites for hydroxylation is 1. The summed E-state index contributed by atoms with van der Waals surface area (Å²) in [6.07, 6.45) is 1.46. The van der Waals surface area contributed by atoms with Crippen LogP contribution < -0.4 is 5.73 Å². The molecule has 0 saturated heterocycles. The number of fused-ring (bicyclic) bond motifs is 1. The lowest BCUT2D eigenvalue weighted by Crippen LogP contribution is -1.98. The van der Waals surface area contributed by atoms with Gasteiger partial charge in [0, 0.05) is 5.56 Å². The van der Waals surface area contributed by atoms with Gasteiger partial charge in [0.1, 0.15) is 12.1 Å². The molecule has 0 saturated carbocycles. The zero-order chi connectivity index (χ0) is 16.5. The first kappa shape index (κ1) is 14.3. The van der Waals surface area contributed by atoms with E-state index in [1.807, 2.05) is 30.3 Å². The Morgan fingerprint density at radius 2 is 1.58 bits per heavy atom. The Bertz CT molecular complexity index is 1010. The number of benzene rings is 2. The zero-order valence-corrected chi connectivity index (χ0v) is 13.3. The molecule has 24 heavy (non-hydrogen) atoms. The average Bonchev–Trinajstić information content (AvgIpc) is 2.62. The van der Waals surface area contributed by atoms with Gasteiger partial charge in [-0.1, -0.05) is 60.2 Å². The number of nitrogen functional groups attached to an aromatic ring is 1. The van der Waals surface area contributed by atoms with Crippen molar-refractivity contribution in [2.75, 3.05) is 5.73 Å². The maximum atomic E-state index is 6.12. The highest BCUT2D eigenvalue weighted by atomic mass is 15.0. The van der Waals surface area contributed by atoms with Crippen molar-refractivity contribution < 1.29 is 0 Å². The number of hydrogen-bond donors (Lipinski definition) is 1. The van der Waals surface area contributed by atoms with Crippen molar-refractivity contribution in [3.8, 4) is 22.4 Å². The van der Waals surface area contributed by atoms with Gasteiger partial charge in [0.15, 0.2) is 5.65 Å². The molecule has 4 nitrogen and oxygen atoms in total. The number of aromatic nitrogens is 3. The van der Waals surface area contributed by atoms with Crippen molar-refractivity contribution in [2.24, 2.45) is 0 Å². The van der Waals surface area contributed by atoms with Gasteiger partial charge in [-0.15, -0.1) is 0 Å². The van der Waals surface area contributed by atoms with Crippen LogP contribution in [-0.2, 0) is 0 Å². The standard InChI is InChI=1S/C20H16N4/c1-13-7-9-14(10-8-13)16-11-17(15-5-3-2-4-6-15)24-20-18(16)19(21)22-12-23-20/h2-12H,1H3,(H2,21,22,23,24). The van der Waals surface area contributed by atoms with E-state index in [2.05, 4.69) is 52.2 Å². The first-order valence-electron chi connectivity index (χ1n) is 7.76. The van der Waals surface area contributed by atoms with E-state index in [-0.39, 0.29) is 0 Å². The highest BCUT2D eigenvalue weighted by Gasteiger charge is 2.13. The molecular weight excluding hydrogens is 296 g/mol. The molecule has 0 aliphatic rings. The summed E-state index contributed by atoms with van der Waals surface area (Å²) in [5.41, 5.74) is 11.9. The van der Waals surface area contributed by atoms with E-state index < -0.39 is 0 Å². The fraction of sp³-hybridized carbons (Fsp3) is 0.0500. The van der Waals surface area contributed by atoms with E-state index in [1.165, 1.54) is 11.9 Å². The first-order chi connectivity index (χ1) is 11.7. The zero-order valence-electron chi connectivity index (χ0n) is 13.3. The molecule has 4 heteroatoms. The van der Waals surface area contributed by atoms with Crippen LogP contribution in [-0.4, -0.2) is 15.0 Å². The van der Waals surface area contributed by atoms with E-state index in [1.54, 1.807) is 0 Å². The normalized spacial score (nSPS) is 10.9. The van der Waals surface area contributed by atoms with E-state index in [4.69, 9.17) is 5.73 Å². The molecule has 4 aromatic rings. The van der Waals surface area contributed by atoms with Gasteiger partial charge in [-0.3, -0.25) is 0 Å². The minimum Gasteiger partial charge on any atom is -0.383 e. The lowest BCUT2D eigenvalue weighted by molar-refractivity contribution is 1.19. The first-order valence-corrected chi connectivity index (χ1v) is 7.76. The second-order valence-electron chi connectivity index (χ2n) is 5.74. The van der Waals surface area contributed by atoms with Crippen LogP contribution >= 0.6 is 0 Å². The molecule has 0 amide bonds. The monoisotopic (exact) mass is 312 g/mol. The Morgan fingerprint density at radius 1 is 0.833 bits per heavy atom. The molecule has 2 aromatic heterocycles. The minimum absolute atomic E-state index is 0.447. The predicted octanol–water partition coefficient (Wildman–Crippen LogP) is 4.25. The lowest BCUT2D eigenvalue weighted by Gasteiger charge is -2.11. The second kappa shape index (κ2) is 5.74. The van der Waals surface area contributed by atoms with Gasteiger partial charge in [0.25, 0.3) is 0 Å². The summed E-state index contributed by atoms with van der Waals surface area (Å²) in [4.78, 5) is 13.1. The molecule has 0 radical (unpaired) electrons. The molecule has 0 bridgehead atoms. The molecule has 116 valence electrons. The van der Waals surface area contributed by atoms with Crippen LogP contribution in [0, 0.1) is 6.92 Å². The molecule has 4 rings (SSSR count). The van der Waals surface area contributed by atoms with Crippen molar-refractivity contribution >= 4 is 16.9 Å². The van der Waals surface area contributed by atoms with Gasteiger partial charge < -0.3 is 5.73 Å². The fourth-order valence-electron chi connectivity index (χ4n) is 2.81. The third kappa shape index (κ3) is 2.48. The largest absolute Gasteiger partial charge is 0.383 e. The summed E-state index contributed by atoms with van der Waals surface area (Å²) < 4.78 is 0. The quantitative estimate of drug-likeness (QED) is 0.601. The van der Waals surface area contributed by atoms with E-state index >= 15 is 0 Å². The van der Waals surface area contributed by atoms with Crippen LogP contribution in [0.4, 0.5) is 5.82 Å². The van der Waals surface area contributed by atoms with Crippen LogP contribution in [0.2, 0.25) is 0 Å².